The van der Waals surface area contributed by atoms with Gasteiger partial charge in [0.1, 0.15) is 5.82 Å². The van der Waals surface area contributed by atoms with Crippen molar-refractivity contribution < 1.29 is 0 Å². The minimum absolute atomic E-state index is 0.751. The highest BCUT2D eigenvalue weighted by molar-refractivity contribution is 4.95. The maximum Gasteiger partial charge on any atom is 0.122 e. The minimum atomic E-state index is 0.751. The van der Waals surface area contributed by atoms with E-state index in [-0.39, 0.29) is 0 Å². The van der Waals surface area contributed by atoms with Crippen LogP contribution >= 0.6 is 0 Å². The first-order chi connectivity index (χ1) is 8.52. The normalized spacial score (nSPS) is 15.5. The zero-order chi connectivity index (χ0) is 13.5. The molecular weight excluding hydrogens is 222 g/mol. The summed E-state index contributed by atoms with van der Waals surface area (Å²) in [6.07, 6.45) is 5.27. The topological polar surface area (TPSA) is 21.1 Å². The first kappa shape index (κ1) is 15.2. The Balaban J connectivity index is 0.000000280. The lowest BCUT2D eigenvalue weighted by Gasteiger charge is -2.28. The van der Waals surface area contributed by atoms with Crippen LogP contribution in [-0.2, 0) is 13.1 Å². The van der Waals surface area contributed by atoms with E-state index >= 15 is 0 Å². The lowest BCUT2D eigenvalue weighted by molar-refractivity contribution is 0.195. The zero-order valence-corrected chi connectivity index (χ0v) is 12.7. The van der Waals surface area contributed by atoms with Crippen molar-refractivity contribution in [3.8, 4) is 0 Å². The van der Waals surface area contributed by atoms with Gasteiger partial charge < -0.3 is 4.57 Å². The van der Waals surface area contributed by atoms with Crippen LogP contribution in [0.4, 0.5) is 0 Å². The third-order valence-electron chi connectivity index (χ3n) is 3.26. The lowest BCUT2D eigenvalue weighted by Crippen LogP contribution is -2.35. The molecule has 0 aliphatic carbocycles. The summed E-state index contributed by atoms with van der Waals surface area (Å²) in [6.45, 7) is 15.6. The Hall–Kier alpha value is -0.830. The van der Waals surface area contributed by atoms with Crippen molar-refractivity contribution in [3.05, 3.63) is 18.2 Å². The molecule has 2 rings (SSSR count). The van der Waals surface area contributed by atoms with Crippen LogP contribution in [0.3, 0.4) is 0 Å². The molecule has 2 heterocycles. The number of aromatic nitrogens is 2. The van der Waals surface area contributed by atoms with Gasteiger partial charge in [-0.15, -0.1) is 0 Å². The molecule has 1 aromatic heterocycles. The van der Waals surface area contributed by atoms with Crippen LogP contribution in [0.15, 0.2) is 12.4 Å². The molecule has 0 fully saturated rings. The van der Waals surface area contributed by atoms with Crippen LogP contribution in [0.1, 0.15) is 46.9 Å². The molecule has 0 saturated carbocycles. The first-order valence-corrected chi connectivity index (χ1v) is 7.25. The van der Waals surface area contributed by atoms with Gasteiger partial charge in [-0.2, -0.15) is 0 Å². The third-order valence-corrected chi connectivity index (χ3v) is 3.26. The monoisotopic (exact) mass is 251 g/mol. The molecule has 0 amide bonds. The number of hydrogen-bond donors (Lipinski definition) is 0. The molecule has 0 bridgehead atoms. The van der Waals surface area contributed by atoms with E-state index in [1.807, 2.05) is 6.20 Å². The lowest BCUT2D eigenvalue weighted by atomic mass is 10.2. The molecule has 18 heavy (non-hydrogen) atoms. The Morgan fingerprint density at radius 3 is 2.39 bits per heavy atom. The Labute approximate surface area is 112 Å². The number of fused-ring (bicyclic) bond motifs is 1. The fourth-order valence-electron chi connectivity index (χ4n) is 1.90. The standard InChI is InChI=1S/C10H17N3.C5H12/c1-9(2)7-12-5-6-13-4-3-11-10(13)8-12;1-4-5(2)3/h3-4,9H,5-8H2,1-2H3;5H,4H2,1-3H3. The van der Waals surface area contributed by atoms with Gasteiger partial charge in [-0.25, -0.2) is 4.98 Å². The number of hydrogen-bond acceptors (Lipinski definition) is 2. The number of imidazole rings is 1. The average Bonchev–Trinajstić information content (AvgIpc) is 2.76. The maximum absolute atomic E-state index is 4.34. The van der Waals surface area contributed by atoms with Crippen LogP contribution in [0.5, 0.6) is 0 Å². The summed E-state index contributed by atoms with van der Waals surface area (Å²) in [5, 5.41) is 0. The van der Waals surface area contributed by atoms with Gasteiger partial charge in [0.25, 0.3) is 0 Å². The predicted molar refractivity (Wildman–Crippen MR) is 77.5 cm³/mol. The van der Waals surface area contributed by atoms with Gasteiger partial charge in [0, 0.05) is 32.0 Å². The number of rotatable bonds is 3. The second kappa shape index (κ2) is 7.57. The van der Waals surface area contributed by atoms with E-state index in [0.717, 1.165) is 24.9 Å². The summed E-state index contributed by atoms with van der Waals surface area (Å²) in [4.78, 5) is 6.81. The predicted octanol–water partition coefficient (Wildman–Crippen LogP) is 3.41. The Kier molecular flexibility index (Phi) is 6.41. The second-order valence-corrected chi connectivity index (χ2v) is 5.97. The molecule has 0 saturated heterocycles. The van der Waals surface area contributed by atoms with Gasteiger partial charge in [0.15, 0.2) is 0 Å². The highest BCUT2D eigenvalue weighted by Crippen LogP contribution is 2.11. The SMILES string of the molecule is CC(C)CN1CCn2ccnc2C1.CCC(C)C. The maximum atomic E-state index is 4.34. The van der Waals surface area contributed by atoms with E-state index < -0.39 is 0 Å². The van der Waals surface area contributed by atoms with E-state index in [2.05, 4.69) is 55.3 Å². The van der Waals surface area contributed by atoms with Gasteiger partial charge in [-0.3, -0.25) is 4.90 Å². The second-order valence-electron chi connectivity index (χ2n) is 5.97. The van der Waals surface area contributed by atoms with Crippen molar-refractivity contribution in [2.45, 2.75) is 54.1 Å². The van der Waals surface area contributed by atoms with Gasteiger partial charge >= 0.3 is 0 Å². The summed E-state index contributed by atoms with van der Waals surface area (Å²) in [5.41, 5.74) is 0. The number of nitrogens with zero attached hydrogens (tertiary/aromatic N) is 3. The molecule has 0 unspecified atom stereocenters. The summed E-state index contributed by atoms with van der Waals surface area (Å²) in [6, 6.07) is 0. The van der Waals surface area contributed by atoms with Crippen molar-refractivity contribution in [2.75, 3.05) is 13.1 Å². The molecule has 104 valence electrons. The van der Waals surface area contributed by atoms with Crippen molar-refractivity contribution in [1.82, 2.24) is 14.5 Å². The van der Waals surface area contributed by atoms with Crippen LogP contribution in [0.25, 0.3) is 0 Å². The van der Waals surface area contributed by atoms with Gasteiger partial charge in [-0.1, -0.05) is 41.0 Å². The quantitative estimate of drug-likeness (QED) is 0.821. The molecular formula is C15H29N3. The largest absolute Gasteiger partial charge is 0.333 e. The molecule has 0 spiro atoms. The van der Waals surface area contributed by atoms with E-state index in [4.69, 9.17) is 0 Å². The molecule has 3 heteroatoms. The molecule has 0 N–H and O–H groups in total. The fraction of sp³-hybridized carbons (Fsp3) is 0.800. The fourth-order valence-corrected chi connectivity index (χ4v) is 1.90. The first-order valence-electron chi connectivity index (χ1n) is 7.25. The molecule has 0 aromatic carbocycles. The van der Waals surface area contributed by atoms with E-state index in [9.17, 15) is 0 Å². The van der Waals surface area contributed by atoms with Crippen LogP contribution < -0.4 is 0 Å². The summed E-state index contributed by atoms with van der Waals surface area (Å²) >= 11 is 0. The van der Waals surface area contributed by atoms with E-state index in [0.29, 0.717) is 0 Å². The highest BCUT2D eigenvalue weighted by atomic mass is 15.2. The summed E-state index contributed by atoms with van der Waals surface area (Å²) in [7, 11) is 0. The van der Waals surface area contributed by atoms with Gasteiger partial charge in [0.05, 0.1) is 6.54 Å². The van der Waals surface area contributed by atoms with Gasteiger partial charge in [-0.05, 0) is 11.8 Å². The summed E-state index contributed by atoms with van der Waals surface area (Å²) < 4.78 is 2.25. The molecule has 0 radical (unpaired) electrons. The molecule has 1 aliphatic rings. The molecule has 0 atom stereocenters. The minimum Gasteiger partial charge on any atom is -0.333 e. The third kappa shape index (κ3) is 5.21. The molecule has 3 nitrogen and oxygen atoms in total. The van der Waals surface area contributed by atoms with Crippen LogP contribution in [0, 0.1) is 11.8 Å². The Morgan fingerprint density at radius 1 is 1.17 bits per heavy atom. The smallest absolute Gasteiger partial charge is 0.122 e. The Morgan fingerprint density at radius 2 is 1.83 bits per heavy atom. The summed E-state index contributed by atoms with van der Waals surface area (Å²) in [5.74, 6) is 2.85. The molecule has 1 aliphatic heterocycles. The Bertz CT molecular complexity index is 328. The van der Waals surface area contributed by atoms with Crippen molar-refractivity contribution in [2.24, 2.45) is 11.8 Å². The van der Waals surface area contributed by atoms with Crippen LogP contribution in [0.2, 0.25) is 0 Å². The van der Waals surface area contributed by atoms with Crippen molar-refractivity contribution in [1.29, 1.82) is 0 Å². The van der Waals surface area contributed by atoms with Crippen molar-refractivity contribution >= 4 is 0 Å². The van der Waals surface area contributed by atoms with E-state index in [1.54, 1.807) is 0 Å². The van der Waals surface area contributed by atoms with E-state index in [1.165, 1.54) is 25.3 Å². The van der Waals surface area contributed by atoms with Crippen molar-refractivity contribution in [3.63, 3.8) is 0 Å². The van der Waals surface area contributed by atoms with Gasteiger partial charge in [0.2, 0.25) is 0 Å². The van der Waals surface area contributed by atoms with Crippen LogP contribution in [-0.4, -0.2) is 27.5 Å². The zero-order valence-electron chi connectivity index (χ0n) is 12.7. The highest BCUT2D eigenvalue weighted by Gasteiger charge is 2.16. The molecule has 1 aromatic rings. The average molecular weight is 251 g/mol.